The molecule has 2 aliphatic heterocycles. The summed E-state index contributed by atoms with van der Waals surface area (Å²) in [5, 5.41) is 0. The van der Waals surface area contributed by atoms with Crippen LogP contribution in [0.15, 0.2) is 65.7 Å². The molecule has 42 heavy (non-hydrogen) atoms. The lowest BCUT2D eigenvalue weighted by Gasteiger charge is -2.26. The highest BCUT2D eigenvalue weighted by molar-refractivity contribution is 5.96. The summed E-state index contributed by atoms with van der Waals surface area (Å²) in [4.78, 5) is 18.3. The molecule has 0 aliphatic carbocycles. The number of aliphatic imine (C=N–C) groups is 1. The molecule has 0 N–H and O–H groups in total. The zero-order valence-electron chi connectivity index (χ0n) is 23.9. The van der Waals surface area contributed by atoms with E-state index in [4.69, 9.17) is 14.7 Å². The molecule has 216 valence electrons. The van der Waals surface area contributed by atoms with Crippen LogP contribution in [-0.4, -0.2) is 54.3 Å². The smallest absolute Gasteiger partial charge is 0.276 e. The van der Waals surface area contributed by atoms with E-state index in [0.29, 0.717) is 38.3 Å². The third kappa shape index (κ3) is 5.87. The van der Waals surface area contributed by atoms with Crippen molar-refractivity contribution in [3.05, 3.63) is 100 Å². The Hall–Kier alpha value is -4.24. The van der Waals surface area contributed by atoms with Crippen molar-refractivity contribution in [2.45, 2.75) is 39.3 Å². The Morgan fingerprint density at radius 2 is 1.71 bits per heavy atom. The van der Waals surface area contributed by atoms with Gasteiger partial charge in [0.15, 0.2) is 0 Å². The molecule has 3 aromatic carbocycles. The van der Waals surface area contributed by atoms with Gasteiger partial charge in [-0.1, -0.05) is 30.3 Å². The van der Waals surface area contributed by atoms with Crippen LogP contribution in [0.3, 0.4) is 0 Å². The fraction of sp³-hybridized carbons (Fsp3) is 0.303. The van der Waals surface area contributed by atoms with Crippen LogP contribution in [0.25, 0.3) is 11.1 Å². The molecule has 2 aliphatic rings. The normalized spacial score (nSPS) is 14.5. The first-order chi connectivity index (χ1) is 20.2. The molecule has 0 saturated carbocycles. The highest BCUT2D eigenvalue weighted by atomic mass is 19.3. The standard InChI is InChI=1S/C33H32F3N5O/c1-20-27(14-21-4-9-26(34)10-5-21)33(39-31(37-20)19-40(2)3)41-12-13-42-30-11-8-22(15-25(30)18-41)23-6-7-24-17-29(32(35)36)38-28(24)16-23/h4-11,15-16,32H,12-14,17-19H2,1-3H3. The summed E-state index contributed by atoms with van der Waals surface area (Å²) in [7, 11) is 3.97. The van der Waals surface area contributed by atoms with Crippen molar-refractivity contribution in [3.8, 4) is 16.9 Å². The molecule has 0 atom stereocenters. The lowest BCUT2D eigenvalue weighted by atomic mass is 9.99. The minimum Gasteiger partial charge on any atom is -0.491 e. The Morgan fingerprint density at radius 1 is 0.952 bits per heavy atom. The molecule has 4 aromatic rings. The van der Waals surface area contributed by atoms with Gasteiger partial charge in [0.25, 0.3) is 6.43 Å². The molecular formula is C33H32F3N5O. The van der Waals surface area contributed by atoms with Gasteiger partial charge in [0.2, 0.25) is 0 Å². The summed E-state index contributed by atoms with van der Waals surface area (Å²) < 4.78 is 46.2. The zero-order chi connectivity index (χ0) is 29.4. The molecule has 6 nitrogen and oxygen atoms in total. The SMILES string of the molecule is Cc1nc(CN(C)C)nc(N2CCOc3ccc(-c4ccc5c(c4)N=C(C(F)F)C5)cc3C2)c1Cc1ccc(F)cc1. The number of nitrogens with zero attached hydrogens (tertiary/aromatic N) is 5. The van der Waals surface area contributed by atoms with Crippen LogP contribution < -0.4 is 9.64 Å². The Bertz CT molecular complexity index is 1650. The third-order valence-corrected chi connectivity index (χ3v) is 7.64. The number of aryl methyl sites for hydroxylation is 1. The van der Waals surface area contributed by atoms with Gasteiger partial charge in [0.1, 0.15) is 29.8 Å². The predicted molar refractivity (Wildman–Crippen MR) is 159 cm³/mol. The number of aromatic nitrogens is 2. The van der Waals surface area contributed by atoms with E-state index in [1.54, 1.807) is 12.1 Å². The number of alkyl halides is 2. The van der Waals surface area contributed by atoms with Crippen LogP contribution in [0.1, 0.15) is 33.8 Å². The van der Waals surface area contributed by atoms with Crippen molar-refractivity contribution >= 4 is 17.2 Å². The molecule has 0 fully saturated rings. The highest BCUT2D eigenvalue weighted by Crippen LogP contribution is 2.36. The predicted octanol–water partition coefficient (Wildman–Crippen LogP) is 6.54. The Morgan fingerprint density at radius 3 is 2.48 bits per heavy atom. The quantitative estimate of drug-likeness (QED) is 0.252. The number of anilines is 1. The van der Waals surface area contributed by atoms with Crippen LogP contribution in [0, 0.1) is 12.7 Å². The second-order valence-electron chi connectivity index (χ2n) is 11.1. The largest absolute Gasteiger partial charge is 0.491 e. The van der Waals surface area contributed by atoms with E-state index in [1.807, 2.05) is 56.3 Å². The molecule has 0 amide bonds. The first-order valence-corrected chi connectivity index (χ1v) is 14.0. The first-order valence-electron chi connectivity index (χ1n) is 14.0. The van der Waals surface area contributed by atoms with E-state index in [-0.39, 0.29) is 17.9 Å². The maximum atomic E-state index is 13.6. The van der Waals surface area contributed by atoms with Gasteiger partial charge in [-0.15, -0.1) is 0 Å². The second kappa shape index (κ2) is 11.6. The number of hydrogen-bond acceptors (Lipinski definition) is 6. The molecule has 0 radical (unpaired) electrons. The lowest BCUT2D eigenvalue weighted by Crippen LogP contribution is -2.29. The Labute approximate surface area is 243 Å². The van der Waals surface area contributed by atoms with Gasteiger partial charge < -0.3 is 14.5 Å². The number of fused-ring (bicyclic) bond motifs is 2. The van der Waals surface area contributed by atoms with E-state index in [1.165, 1.54) is 12.1 Å². The van der Waals surface area contributed by atoms with Crippen molar-refractivity contribution in [2.24, 2.45) is 4.99 Å². The lowest BCUT2D eigenvalue weighted by molar-refractivity contribution is 0.224. The molecule has 6 rings (SSSR count). The van der Waals surface area contributed by atoms with Crippen LogP contribution in [-0.2, 0) is 25.9 Å². The number of benzene rings is 3. The summed E-state index contributed by atoms with van der Waals surface area (Å²) in [6, 6.07) is 18.3. The minimum atomic E-state index is -2.55. The second-order valence-corrected chi connectivity index (χ2v) is 11.1. The topological polar surface area (TPSA) is 53.9 Å². The molecular weight excluding hydrogens is 539 g/mol. The molecule has 3 heterocycles. The van der Waals surface area contributed by atoms with Crippen LogP contribution in [0.5, 0.6) is 5.75 Å². The van der Waals surface area contributed by atoms with Gasteiger partial charge in [-0.2, -0.15) is 0 Å². The molecule has 0 saturated heterocycles. The monoisotopic (exact) mass is 571 g/mol. The number of hydrogen-bond donors (Lipinski definition) is 0. The number of halogens is 3. The van der Waals surface area contributed by atoms with E-state index < -0.39 is 6.43 Å². The van der Waals surface area contributed by atoms with Crippen molar-refractivity contribution in [2.75, 3.05) is 32.1 Å². The van der Waals surface area contributed by atoms with Gasteiger partial charge in [0, 0.05) is 36.2 Å². The van der Waals surface area contributed by atoms with Gasteiger partial charge in [-0.3, -0.25) is 4.99 Å². The molecule has 0 bridgehead atoms. The summed E-state index contributed by atoms with van der Waals surface area (Å²) in [5.41, 5.74) is 7.07. The van der Waals surface area contributed by atoms with Crippen molar-refractivity contribution in [3.63, 3.8) is 0 Å². The molecule has 9 heteroatoms. The summed E-state index contributed by atoms with van der Waals surface area (Å²) in [5.74, 6) is 2.11. The zero-order valence-corrected chi connectivity index (χ0v) is 23.9. The highest BCUT2D eigenvalue weighted by Gasteiger charge is 2.24. The minimum absolute atomic E-state index is 0.0849. The van der Waals surface area contributed by atoms with Gasteiger partial charge in [-0.05, 0) is 73.6 Å². The number of ether oxygens (including phenoxy) is 1. The van der Waals surface area contributed by atoms with Gasteiger partial charge in [-0.25, -0.2) is 23.1 Å². The fourth-order valence-electron chi connectivity index (χ4n) is 5.53. The third-order valence-electron chi connectivity index (χ3n) is 7.64. The van der Waals surface area contributed by atoms with Crippen molar-refractivity contribution in [1.82, 2.24) is 14.9 Å². The fourth-order valence-corrected chi connectivity index (χ4v) is 5.53. The number of rotatable bonds is 7. The van der Waals surface area contributed by atoms with Gasteiger partial charge in [0.05, 0.1) is 24.5 Å². The van der Waals surface area contributed by atoms with Crippen LogP contribution in [0.4, 0.5) is 24.7 Å². The average molecular weight is 572 g/mol. The van der Waals surface area contributed by atoms with E-state index in [2.05, 4.69) is 16.0 Å². The maximum Gasteiger partial charge on any atom is 0.276 e. The van der Waals surface area contributed by atoms with E-state index in [9.17, 15) is 13.2 Å². The van der Waals surface area contributed by atoms with Crippen LogP contribution >= 0.6 is 0 Å². The summed E-state index contributed by atoms with van der Waals surface area (Å²) in [6.45, 7) is 4.28. The Kier molecular flexibility index (Phi) is 7.68. The molecule has 1 aromatic heterocycles. The first kappa shape index (κ1) is 27.9. The van der Waals surface area contributed by atoms with Crippen molar-refractivity contribution in [1.29, 1.82) is 0 Å². The van der Waals surface area contributed by atoms with Crippen LogP contribution in [0.2, 0.25) is 0 Å². The van der Waals surface area contributed by atoms with E-state index >= 15 is 0 Å². The summed E-state index contributed by atoms with van der Waals surface area (Å²) >= 11 is 0. The van der Waals surface area contributed by atoms with Crippen molar-refractivity contribution < 1.29 is 17.9 Å². The molecule has 0 unspecified atom stereocenters. The Balaban J connectivity index is 1.35. The van der Waals surface area contributed by atoms with Gasteiger partial charge >= 0.3 is 0 Å². The van der Waals surface area contributed by atoms with E-state index in [0.717, 1.165) is 56.5 Å². The maximum absolute atomic E-state index is 13.6. The average Bonchev–Trinajstić information content (AvgIpc) is 3.28. The molecule has 0 spiro atoms. The summed E-state index contributed by atoms with van der Waals surface area (Å²) in [6.07, 6.45) is -1.79.